The molecule has 1 heterocycles. The van der Waals surface area contributed by atoms with Crippen LogP contribution >= 0.6 is 11.3 Å². The fourth-order valence-corrected chi connectivity index (χ4v) is 4.27. The largest absolute Gasteiger partial charge is 0.392 e. The molecule has 0 amide bonds. The molecule has 0 fully saturated rings. The smallest absolute Gasteiger partial charge is 0.0656 e. The fraction of sp³-hybridized carbons (Fsp3) is 0.444. The molecule has 0 aliphatic heterocycles. The molecule has 106 valence electrons. The zero-order valence-corrected chi connectivity index (χ0v) is 12.8. The molecule has 0 bridgehead atoms. The standard InChI is InChI=1S/C18H22OS/c1-2-14-10-11-15(20-14)12-18(19)17-9-5-7-13-6-3-4-8-16(13)17/h3-4,6,8,10-11,17-19H,2,5,7,9,12H2,1H3. The van der Waals surface area contributed by atoms with Crippen LogP contribution in [0.15, 0.2) is 36.4 Å². The van der Waals surface area contributed by atoms with Crippen LogP contribution in [0.3, 0.4) is 0 Å². The van der Waals surface area contributed by atoms with Gasteiger partial charge in [0.05, 0.1) is 6.10 Å². The third-order valence-corrected chi connectivity index (χ3v) is 5.61. The molecular weight excluding hydrogens is 264 g/mol. The van der Waals surface area contributed by atoms with Crippen LogP contribution < -0.4 is 0 Å². The maximum atomic E-state index is 10.7. The molecule has 0 saturated carbocycles. The van der Waals surface area contributed by atoms with Gasteiger partial charge in [-0.05, 0) is 48.9 Å². The predicted octanol–water partition coefficient (Wildman–Crippen LogP) is 4.33. The molecule has 0 radical (unpaired) electrons. The van der Waals surface area contributed by atoms with Crippen LogP contribution in [0.1, 0.15) is 46.6 Å². The van der Waals surface area contributed by atoms with Crippen molar-refractivity contribution in [1.29, 1.82) is 0 Å². The summed E-state index contributed by atoms with van der Waals surface area (Å²) in [6.07, 6.45) is 5.11. The molecule has 3 rings (SSSR count). The SMILES string of the molecule is CCc1ccc(CC(O)C2CCCc3ccccc32)s1. The normalized spacial score (nSPS) is 19.6. The van der Waals surface area contributed by atoms with Gasteiger partial charge in [-0.25, -0.2) is 0 Å². The first-order chi connectivity index (χ1) is 9.78. The molecule has 1 aromatic heterocycles. The molecule has 0 saturated heterocycles. The summed E-state index contributed by atoms with van der Waals surface area (Å²) in [5.41, 5.74) is 2.81. The van der Waals surface area contributed by atoms with Gasteiger partial charge in [0.2, 0.25) is 0 Å². The van der Waals surface area contributed by atoms with Crippen molar-refractivity contribution < 1.29 is 5.11 Å². The first kappa shape index (κ1) is 13.8. The van der Waals surface area contributed by atoms with Crippen LogP contribution in [0.4, 0.5) is 0 Å². The number of aliphatic hydroxyl groups is 1. The predicted molar refractivity (Wildman–Crippen MR) is 85.5 cm³/mol. The number of fused-ring (bicyclic) bond motifs is 1. The summed E-state index contributed by atoms with van der Waals surface area (Å²) in [7, 11) is 0. The molecule has 1 N–H and O–H groups in total. The summed E-state index contributed by atoms with van der Waals surface area (Å²) >= 11 is 1.85. The van der Waals surface area contributed by atoms with Crippen LogP contribution in [0.5, 0.6) is 0 Å². The molecule has 2 heteroatoms. The van der Waals surface area contributed by atoms with Crippen molar-refractivity contribution in [1.82, 2.24) is 0 Å². The van der Waals surface area contributed by atoms with E-state index >= 15 is 0 Å². The van der Waals surface area contributed by atoms with E-state index in [0.29, 0.717) is 5.92 Å². The highest BCUT2D eigenvalue weighted by molar-refractivity contribution is 7.11. The van der Waals surface area contributed by atoms with Crippen molar-refractivity contribution in [3.63, 3.8) is 0 Å². The molecule has 1 aliphatic carbocycles. The molecule has 2 aromatic rings. The topological polar surface area (TPSA) is 20.2 Å². The summed E-state index contributed by atoms with van der Waals surface area (Å²) in [6.45, 7) is 2.18. The van der Waals surface area contributed by atoms with E-state index in [4.69, 9.17) is 0 Å². The molecule has 2 atom stereocenters. The Morgan fingerprint density at radius 3 is 2.80 bits per heavy atom. The first-order valence-electron chi connectivity index (χ1n) is 7.61. The lowest BCUT2D eigenvalue weighted by Gasteiger charge is -2.29. The van der Waals surface area contributed by atoms with Crippen LogP contribution in [0.25, 0.3) is 0 Å². The monoisotopic (exact) mass is 286 g/mol. The highest BCUT2D eigenvalue weighted by Gasteiger charge is 2.26. The van der Waals surface area contributed by atoms with Crippen molar-refractivity contribution in [3.05, 3.63) is 57.3 Å². The van der Waals surface area contributed by atoms with Crippen molar-refractivity contribution >= 4 is 11.3 Å². The molecule has 20 heavy (non-hydrogen) atoms. The van der Waals surface area contributed by atoms with Crippen LogP contribution in [-0.4, -0.2) is 11.2 Å². The van der Waals surface area contributed by atoms with Crippen molar-refractivity contribution in [2.75, 3.05) is 0 Å². The molecule has 1 nitrogen and oxygen atoms in total. The maximum absolute atomic E-state index is 10.7. The lowest BCUT2D eigenvalue weighted by molar-refractivity contribution is 0.135. The minimum Gasteiger partial charge on any atom is -0.392 e. The van der Waals surface area contributed by atoms with Gasteiger partial charge in [-0.2, -0.15) is 0 Å². The zero-order valence-electron chi connectivity index (χ0n) is 12.0. The number of rotatable bonds is 4. The number of hydrogen-bond donors (Lipinski definition) is 1. The van der Waals surface area contributed by atoms with Gasteiger partial charge in [-0.3, -0.25) is 0 Å². The highest BCUT2D eigenvalue weighted by atomic mass is 32.1. The second-order valence-corrected chi connectivity index (χ2v) is 6.94. The van der Waals surface area contributed by atoms with Gasteiger partial charge in [0.1, 0.15) is 0 Å². The highest BCUT2D eigenvalue weighted by Crippen LogP contribution is 2.35. The Hall–Kier alpha value is -1.12. The minimum atomic E-state index is -0.250. The molecular formula is C18H22OS. The van der Waals surface area contributed by atoms with Gasteiger partial charge >= 0.3 is 0 Å². The number of aryl methyl sites for hydroxylation is 2. The van der Waals surface area contributed by atoms with Gasteiger partial charge < -0.3 is 5.11 Å². The lowest BCUT2D eigenvalue weighted by atomic mass is 9.79. The summed E-state index contributed by atoms with van der Waals surface area (Å²) in [6, 6.07) is 13.0. The van der Waals surface area contributed by atoms with E-state index in [0.717, 1.165) is 19.3 Å². The third kappa shape index (κ3) is 2.82. The van der Waals surface area contributed by atoms with Gasteiger partial charge in [-0.15, -0.1) is 11.3 Å². The molecule has 0 spiro atoms. The molecule has 2 unspecified atom stereocenters. The Bertz CT molecular complexity index is 572. The first-order valence-corrected chi connectivity index (χ1v) is 8.43. The van der Waals surface area contributed by atoms with Crippen LogP contribution in [0, 0.1) is 0 Å². The van der Waals surface area contributed by atoms with E-state index in [1.54, 1.807) is 0 Å². The second kappa shape index (κ2) is 6.11. The minimum absolute atomic E-state index is 0.250. The van der Waals surface area contributed by atoms with E-state index in [2.05, 4.69) is 43.3 Å². The van der Waals surface area contributed by atoms with Crippen LogP contribution in [0.2, 0.25) is 0 Å². The lowest BCUT2D eigenvalue weighted by Crippen LogP contribution is -2.24. The Morgan fingerprint density at radius 1 is 1.20 bits per heavy atom. The molecule has 1 aromatic carbocycles. The van der Waals surface area contributed by atoms with Gasteiger partial charge in [0, 0.05) is 22.1 Å². The number of aliphatic hydroxyl groups excluding tert-OH is 1. The quantitative estimate of drug-likeness (QED) is 0.886. The summed E-state index contributed by atoms with van der Waals surface area (Å²) in [5.74, 6) is 0.312. The summed E-state index contributed by atoms with van der Waals surface area (Å²) < 4.78 is 0. The Morgan fingerprint density at radius 2 is 2.00 bits per heavy atom. The molecule has 1 aliphatic rings. The van der Waals surface area contributed by atoms with Gasteiger partial charge in [0.15, 0.2) is 0 Å². The third-order valence-electron chi connectivity index (χ3n) is 4.36. The average molecular weight is 286 g/mol. The average Bonchev–Trinajstić information content (AvgIpc) is 2.94. The van der Waals surface area contributed by atoms with E-state index in [9.17, 15) is 5.11 Å². The summed E-state index contributed by atoms with van der Waals surface area (Å²) in [5, 5.41) is 10.7. The van der Waals surface area contributed by atoms with Crippen molar-refractivity contribution in [3.8, 4) is 0 Å². The number of hydrogen-bond acceptors (Lipinski definition) is 2. The van der Waals surface area contributed by atoms with E-state index in [1.807, 2.05) is 11.3 Å². The zero-order chi connectivity index (χ0) is 13.9. The fourth-order valence-electron chi connectivity index (χ4n) is 3.26. The Labute approximate surface area is 125 Å². The van der Waals surface area contributed by atoms with Crippen LogP contribution in [-0.2, 0) is 19.3 Å². The van der Waals surface area contributed by atoms with Crippen molar-refractivity contribution in [2.45, 2.75) is 51.0 Å². The van der Waals surface area contributed by atoms with Gasteiger partial charge in [-0.1, -0.05) is 31.2 Å². The Kier molecular flexibility index (Phi) is 4.23. The Balaban J connectivity index is 1.76. The van der Waals surface area contributed by atoms with Gasteiger partial charge in [0.25, 0.3) is 0 Å². The maximum Gasteiger partial charge on any atom is 0.0656 e. The van der Waals surface area contributed by atoms with E-state index in [-0.39, 0.29) is 6.10 Å². The van der Waals surface area contributed by atoms with E-state index < -0.39 is 0 Å². The second-order valence-electron chi connectivity index (χ2n) is 5.69. The number of benzene rings is 1. The van der Waals surface area contributed by atoms with E-state index in [1.165, 1.54) is 33.7 Å². The number of thiophene rings is 1. The summed E-state index contributed by atoms with van der Waals surface area (Å²) in [4.78, 5) is 2.73. The van der Waals surface area contributed by atoms with Crippen molar-refractivity contribution in [2.24, 2.45) is 0 Å².